The van der Waals surface area contributed by atoms with Gasteiger partial charge in [0.2, 0.25) is 5.91 Å². The smallest absolute Gasteiger partial charge is 0.220 e. The van der Waals surface area contributed by atoms with Crippen LogP contribution in [-0.2, 0) is 11.2 Å². The average molecular weight is 335 g/mol. The number of nitrogens with one attached hydrogen (secondary N) is 2. The monoisotopic (exact) mass is 335 g/mol. The van der Waals surface area contributed by atoms with E-state index in [1.165, 1.54) is 5.56 Å². The fourth-order valence-electron chi connectivity index (χ4n) is 3.31. The summed E-state index contributed by atoms with van der Waals surface area (Å²) >= 11 is 0. The van der Waals surface area contributed by atoms with Gasteiger partial charge in [-0.15, -0.1) is 0 Å². The molecule has 1 heterocycles. The van der Waals surface area contributed by atoms with Crippen LogP contribution in [0.3, 0.4) is 0 Å². The van der Waals surface area contributed by atoms with E-state index in [1.807, 2.05) is 42.5 Å². The normalized spacial score (nSPS) is 18.9. The molecule has 0 unspecified atom stereocenters. The Morgan fingerprint density at radius 1 is 1.24 bits per heavy atom. The summed E-state index contributed by atoms with van der Waals surface area (Å²) in [5.74, 6) is 2.18. The highest BCUT2D eigenvalue weighted by Gasteiger charge is 2.40. The molecule has 1 aliphatic rings. The van der Waals surface area contributed by atoms with Crippen LogP contribution in [0.15, 0.2) is 48.5 Å². The summed E-state index contributed by atoms with van der Waals surface area (Å²) in [5, 5.41) is 3.12. The van der Waals surface area contributed by atoms with Crippen LogP contribution in [-0.4, -0.2) is 29.0 Å². The zero-order valence-corrected chi connectivity index (χ0v) is 14.2. The van der Waals surface area contributed by atoms with E-state index < -0.39 is 0 Å². The van der Waals surface area contributed by atoms with E-state index in [0.717, 1.165) is 29.0 Å². The highest BCUT2D eigenvalue weighted by Crippen LogP contribution is 2.44. The van der Waals surface area contributed by atoms with Crippen molar-refractivity contribution >= 4 is 16.9 Å². The van der Waals surface area contributed by atoms with Gasteiger partial charge in [-0.1, -0.05) is 30.3 Å². The van der Waals surface area contributed by atoms with Crippen LogP contribution in [0.1, 0.15) is 30.1 Å². The van der Waals surface area contributed by atoms with Crippen molar-refractivity contribution in [3.63, 3.8) is 0 Å². The Bertz CT molecular complexity index is 870. The number of aromatic nitrogens is 2. The molecule has 0 aliphatic heterocycles. The number of aromatic amines is 1. The van der Waals surface area contributed by atoms with E-state index in [4.69, 9.17) is 4.74 Å². The van der Waals surface area contributed by atoms with E-state index in [-0.39, 0.29) is 11.9 Å². The third-order valence-corrected chi connectivity index (χ3v) is 4.70. The minimum Gasteiger partial charge on any atom is -0.496 e. The number of imidazole rings is 1. The van der Waals surface area contributed by atoms with E-state index in [1.54, 1.807) is 7.11 Å². The Hall–Kier alpha value is -2.82. The quantitative estimate of drug-likeness (QED) is 0.727. The summed E-state index contributed by atoms with van der Waals surface area (Å²) in [5.41, 5.74) is 3.13. The van der Waals surface area contributed by atoms with Crippen molar-refractivity contribution in [1.29, 1.82) is 0 Å². The second-order valence-corrected chi connectivity index (χ2v) is 6.46. The standard InChI is InChI=1S/C20H21N3O2/c1-25-18-9-5-2-6-13(18)14-12-17(14)23-20(24)11-10-19-21-15-7-3-4-8-16(15)22-19/h2-9,14,17H,10-12H2,1H3,(H,21,22)(H,23,24)/t14-,17-/m1/s1. The zero-order valence-electron chi connectivity index (χ0n) is 14.2. The van der Waals surface area contributed by atoms with Crippen LogP contribution in [0.25, 0.3) is 11.0 Å². The molecular formula is C20H21N3O2. The molecule has 3 aromatic rings. The molecule has 5 nitrogen and oxygen atoms in total. The number of methoxy groups -OCH3 is 1. The van der Waals surface area contributed by atoms with E-state index in [0.29, 0.717) is 18.8 Å². The number of hydrogen-bond donors (Lipinski definition) is 2. The summed E-state index contributed by atoms with van der Waals surface area (Å²) < 4.78 is 5.41. The predicted molar refractivity (Wildman–Crippen MR) is 96.7 cm³/mol. The number of ether oxygens (including phenoxy) is 1. The minimum atomic E-state index is 0.0721. The molecule has 0 spiro atoms. The van der Waals surface area contributed by atoms with E-state index in [2.05, 4.69) is 21.4 Å². The van der Waals surface area contributed by atoms with Crippen LogP contribution in [0, 0.1) is 0 Å². The van der Waals surface area contributed by atoms with Crippen molar-refractivity contribution < 1.29 is 9.53 Å². The molecule has 25 heavy (non-hydrogen) atoms. The van der Waals surface area contributed by atoms with Gasteiger partial charge in [0.1, 0.15) is 11.6 Å². The summed E-state index contributed by atoms with van der Waals surface area (Å²) in [6.45, 7) is 0. The van der Waals surface area contributed by atoms with Crippen LogP contribution in [0.4, 0.5) is 0 Å². The van der Waals surface area contributed by atoms with Crippen LogP contribution in [0.5, 0.6) is 5.75 Å². The molecule has 1 fully saturated rings. The number of nitrogens with zero attached hydrogens (tertiary/aromatic N) is 1. The number of hydrogen-bond acceptors (Lipinski definition) is 3. The highest BCUT2D eigenvalue weighted by atomic mass is 16.5. The first-order valence-electron chi connectivity index (χ1n) is 8.60. The molecule has 1 aromatic heterocycles. The van der Waals surface area contributed by atoms with Gasteiger partial charge in [-0.25, -0.2) is 4.98 Å². The molecule has 1 aliphatic carbocycles. The van der Waals surface area contributed by atoms with Crippen molar-refractivity contribution in [3.05, 3.63) is 59.9 Å². The first kappa shape index (κ1) is 15.7. The molecule has 2 aromatic carbocycles. The number of aryl methyl sites for hydroxylation is 1. The van der Waals surface area contributed by atoms with Crippen LogP contribution >= 0.6 is 0 Å². The van der Waals surface area contributed by atoms with Crippen molar-refractivity contribution in [1.82, 2.24) is 15.3 Å². The summed E-state index contributed by atoms with van der Waals surface area (Å²) in [4.78, 5) is 20.0. The van der Waals surface area contributed by atoms with Crippen LogP contribution in [0.2, 0.25) is 0 Å². The lowest BCUT2D eigenvalue weighted by Gasteiger charge is -2.08. The van der Waals surface area contributed by atoms with Crippen molar-refractivity contribution in [2.24, 2.45) is 0 Å². The van der Waals surface area contributed by atoms with Gasteiger partial charge in [-0.2, -0.15) is 0 Å². The predicted octanol–water partition coefficient (Wildman–Crippen LogP) is 3.18. The zero-order chi connectivity index (χ0) is 17.2. The van der Waals surface area contributed by atoms with Gasteiger partial charge in [0.15, 0.2) is 0 Å². The van der Waals surface area contributed by atoms with E-state index in [9.17, 15) is 4.79 Å². The lowest BCUT2D eigenvalue weighted by molar-refractivity contribution is -0.121. The maximum Gasteiger partial charge on any atom is 0.220 e. The Morgan fingerprint density at radius 2 is 2.04 bits per heavy atom. The van der Waals surface area contributed by atoms with Gasteiger partial charge < -0.3 is 15.0 Å². The molecule has 1 saturated carbocycles. The molecule has 0 bridgehead atoms. The molecule has 5 heteroatoms. The van der Waals surface area contributed by atoms with Crippen molar-refractivity contribution in [2.75, 3.05) is 7.11 Å². The largest absolute Gasteiger partial charge is 0.496 e. The number of carbonyl (C=O) groups excluding carboxylic acids is 1. The molecule has 2 N–H and O–H groups in total. The topological polar surface area (TPSA) is 67.0 Å². The Balaban J connectivity index is 1.31. The summed E-state index contributed by atoms with van der Waals surface area (Å²) in [6, 6.07) is 16.1. The van der Waals surface area contributed by atoms with Crippen molar-refractivity contribution in [3.8, 4) is 5.75 Å². The van der Waals surface area contributed by atoms with Gasteiger partial charge in [0.25, 0.3) is 0 Å². The lowest BCUT2D eigenvalue weighted by atomic mass is 10.1. The molecule has 1 amide bonds. The third kappa shape index (κ3) is 3.36. The summed E-state index contributed by atoms with van der Waals surface area (Å²) in [6.07, 6.45) is 2.03. The maximum atomic E-state index is 12.2. The number of benzene rings is 2. The first-order chi connectivity index (χ1) is 12.2. The van der Waals surface area contributed by atoms with E-state index >= 15 is 0 Å². The van der Waals surface area contributed by atoms with Gasteiger partial charge >= 0.3 is 0 Å². The minimum absolute atomic E-state index is 0.0721. The second kappa shape index (κ2) is 6.59. The van der Waals surface area contributed by atoms with Crippen LogP contribution < -0.4 is 10.1 Å². The van der Waals surface area contributed by atoms with Crippen molar-refractivity contribution in [2.45, 2.75) is 31.2 Å². The summed E-state index contributed by atoms with van der Waals surface area (Å²) in [7, 11) is 1.68. The number of rotatable bonds is 6. The van der Waals surface area contributed by atoms with Gasteiger partial charge in [0.05, 0.1) is 18.1 Å². The Kier molecular flexibility index (Phi) is 4.14. The lowest BCUT2D eigenvalue weighted by Crippen LogP contribution is -2.26. The maximum absolute atomic E-state index is 12.2. The third-order valence-electron chi connectivity index (χ3n) is 4.70. The Morgan fingerprint density at radius 3 is 2.88 bits per heavy atom. The Labute approximate surface area is 146 Å². The molecule has 2 atom stereocenters. The highest BCUT2D eigenvalue weighted by molar-refractivity contribution is 5.78. The van der Waals surface area contributed by atoms with Gasteiger partial charge in [-0.3, -0.25) is 4.79 Å². The second-order valence-electron chi connectivity index (χ2n) is 6.46. The number of fused-ring (bicyclic) bond motifs is 1. The molecule has 0 radical (unpaired) electrons. The molecule has 128 valence electrons. The van der Waals surface area contributed by atoms with Gasteiger partial charge in [0, 0.05) is 24.8 Å². The fraction of sp³-hybridized carbons (Fsp3) is 0.300. The first-order valence-corrected chi connectivity index (χ1v) is 8.60. The number of para-hydroxylation sites is 3. The number of carbonyl (C=O) groups is 1. The average Bonchev–Trinajstić information content (AvgIpc) is 3.26. The number of amides is 1. The fourth-order valence-corrected chi connectivity index (χ4v) is 3.31. The molecule has 4 rings (SSSR count). The molecule has 0 saturated heterocycles. The SMILES string of the molecule is COc1ccccc1[C@H]1C[C@H]1NC(=O)CCc1nc2ccccc2[nH]1. The molecular weight excluding hydrogens is 314 g/mol. The van der Waals surface area contributed by atoms with Gasteiger partial charge in [-0.05, 0) is 30.2 Å². The number of H-pyrrole nitrogens is 1.